The number of rotatable bonds is 5. The van der Waals surface area contributed by atoms with Gasteiger partial charge in [-0.05, 0) is 38.1 Å². The van der Waals surface area contributed by atoms with Crippen LogP contribution in [0.3, 0.4) is 0 Å². The quantitative estimate of drug-likeness (QED) is 0.832. The molecule has 2 heterocycles. The number of aromatic nitrogens is 2. The number of halogens is 1. The molecule has 2 aromatic rings. The highest BCUT2D eigenvalue weighted by atomic mass is 32.2. The van der Waals surface area contributed by atoms with Gasteiger partial charge in [-0.2, -0.15) is 5.10 Å². The van der Waals surface area contributed by atoms with Gasteiger partial charge in [0.05, 0.1) is 17.9 Å². The summed E-state index contributed by atoms with van der Waals surface area (Å²) in [7, 11) is -3.77. The van der Waals surface area contributed by atoms with E-state index in [0.717, 1.165) is 0 Å². The van der Waals surface area contributed by atoms with E-state index in [1.54, 1.807) is 13.8 Å². The van der Waals surface area contributed by atoms with Crippen LogP contribution in [0.25, 0.3) is 0 Å². The lowest BCUT2D eigenvalue weighted by Gasteiger charge is -2.13. The largest absolute Gasteiger partial charge is 0.443 e. The Kier molecular flexibility index (Phi) is 4.48. The summed E-state index contributed by atoms with van der Waals surface area (Å²) in [6.07, 6.45) is -1.26. The number of nitrogens with one attached hydrogen (secondary N) is 2. The molecule has 2 N–H and O–H groups in total. The molecular weight excluding hydrogens is 351 g/mol. The van der Waals surface area contributed by atoms with Crippen molar-refractivity contribution in [2.75, 3.05) is 18.0 Å². The fourth-order valence-electron chi connectivity index (χ4n) is 2.67. The summed E-state index contributed by atoms with van der Waals surface area (Å²) >= 11 is 0. The van der Waals surface area contributed by atoms with E-state index in [4.69, 9.17) is 4.74 Å². The summed E-state index contributed by atoms with van der Waals surface area (Å²) in [5.41, 5.74) is 1.28. The van der Waals surface area contributed by atoms with Crippen LogP contribution in [-0.2, 0) is 14.8 Å². The molecule has 0 saturated carbocycles. The van der Waals surface area contributed by atoms with E-state index >= 15 is 0 Å². The van der Waals surface area contributed by atoms with Crippen LogP contribution in [0.2, 0.25) is 0 Å². The van der Waals surface area contributed by atoms with Crippen LogP contribution >= 0.6 is 0 Å². The number of aryl methyl sites for hydroxylation is 2. The van der Waals surface area contributed by atoms with Crippen LogP contribution in [0, 0.1) is 19.7 Å². The lowest BCUT2D eigenvalue weighted by molar-refractivity contribution is 0.143. The van der Waals surface area contributed by atoms with Gasteiger partial charge < -0.3 is 4.74 Å². The van der Waals surface area contributed by atoms with E-state index in [0.29, 0.717) is 17.1 Å². The third-order valence-electron chi connectivity index (χ3n) is 3.84. The minimum absolute atomic E-state index is 0.0736. The van der Waals surface area contributed by atoms with Crippen molar-refractivity contribution in [2.45, 2.75) is 24.8 Å². The third kappa shape index (κ3) is 3.49. The van der Waals surface area contributed by atoms with Crippen molar-refractivity contribution in [3.63, 3.8) is 0 Å². The smallest absolute Gasteiger partial charge is 0.414 e. The average molecular weight is 368 g/mol. The Morgan fingerprint density at radius 3 is 2.64 bits per heavy atom. The summed E-state index contributed by atoms with van der Waals surface area (Å²) in [6, 6.07) is 5.40. The maximum Gasteiger partial charge on any atom is 0.414 e. The maximum absolute atomic E-state index is 13.0. The standard InChI is InChI=1S/C15H17FN4O4S/c1-9-14(10(2)19-18-9)25(22,23)17-7-13-8-20(15(21)24-13)12-5-3-11(16)4-6-12/h3-6,13,17H,7-8H2,1-2H3,(H,18,19). The van der Waals surface area contributed by atoms with E-state index in [-0.39, 0.29) is 18.0 Å². The second-order valence-corrected chi connectivity index (χ2v) is 7.41. The van der Waals surface area contributed by atoms with Gasteiger partial charge in [0, 0.05) is 12.2 Å². The molecule has 1 aliphatic heterocycles. The molecule has 0 aliphatic carbocycles. The molecule has 134 valence electrons. The van der Waals surface area contributed by atoms with Crippen molar-refractivity contribution in [1.29, 1.82) is 0 Å². The predicted octanol–water partition coefficient (Wildman–Crippen LogP) is 1.47. The average Bonchev–Trinajstić information content (AvgIpc) is 3.09. The predicted molar refractivity (Wildman–Crippen MR) is 87.3 cm³/mol. The van der Waals surface area contributed by atoms with Gasteiger partial charge in [-0.15, -0.1) is 0 Å². The topological polar surface area (TPSA) is 104 Å². The van der Waals surface area contributed by atoms with Crippen LogP contribution in [0.4, 0.5) is 14.9 Å². The number of H-pyrrole nitrogens is 1. The second kappa shape index (κ2) is 6.45. The number of anilines is 1. The number of benzene rings is 1. The highest BCUT2D eigenvalue weighted by Crippen LogP contribution is 2.22. The number of amides is 1. The van der Waals surface area contributed by atoms with Gasteiger partial charge in [-0.25, -0.2) is 22.3 Å². The first kappa shape index (κ1) is 17.4. The molecule has 1 unspecified atom stereocenters. The zero-order valence-corrected chi connectivity index (χ0v) is 14.4. The molecule has 8 nitrogen and oxygen atoms in total. The van der Waals surface area contributed by atoms with E-state index in [1.807, 2.05) is 0 Å². The number of sulfonamides is 1. The van der Waals surface area contributed by atoms with Crippen molar-refractivity contribution in [2.24, 2.45) is 0 Å². The number of cyclic esters (lactones) is 1. The van der Waals surface area contributed by atoms with Gasteiger partial charge in [0.2, 0.25) is 10.0 Å². The van der Waals surface area contributed by atoms with Crippen LogP contribution in [0.15, 0.2) is 29.2 Å². The summed E-state index contributed by atoms with van der Waals surface area (Å²) in [5, 5.41) is 6.48. The molecule has 10 heteroatoms. The molecule has 1 amide bonds. The molecule has 1 atom stereocenters. The lowest BCUT2D eigenvalue weighted by Crippen LogP contribution is -2.35. The van der Waals surface area contributed by atoms with Gasteiger partial charge >= 0.3 is 6.09 Å². The minimum Gasteiger partial charge on any atom is -0.443 e. The van der Waals surface area contributed by atoms with Crippen molar-refractivity contribution < 1.29 is 22.3 Å². The number of nitrogens with zero attached hydrogens (tertiary/aromatic N) is 2. The molecule has 3 rings (SSSR count). The van der Waals surface area contributed by atoms with Crippen molar-refractivity contribution in [3.8, 4) is 0 Å². The number of carbonyl (C=O) groups excluding carboxylic acids is 1. The highest BCUT2D eigenvalue weighted by molar-refractivity contribution is 7.89. The van der Waals surface area contributed by atoms with E-state index < -0.39 is 28.0 Å². The zero-order valence-electron chi connectivity index (χ0n) is 13.6. The van der Waals surface area contributed by atoms with E-state index in [9.17, 15) is 17.6 Å². The van der Waals surface area contributed by atoms with Gasteiger partial charge in [-0.1, -0.05) is 0 Å². The fourth-order valence-corrected chi connectivity index (χ4v) is 4.10. The van der Waals surface area contributed by atoms with Crippen molar-refractivity contribution in [3.05, 3.63) is 41.5 Å². The molecule has 1 aromatic carbocycles. The maximum atomic E-state index is 13.0. The Hall–Kier alpha value is -2.46. The Bertz CT molecular complexity index is 875. The molecule has 1 saturated heterocycles. The molecule has 0 spiro atoms. The summed E-state index contributed by atoms with van der Waals surface area (Å²) in [4.78, 5) is 13.4. The SMILES string of the molecule is Cc1n[nH]c(C)c1S(=O)(=O)NCC1CN(c2ccc(F)cc2)C(=O)O1. The van der Waals surface area contributed by atoms with Crippen molar-refractivity contribution in [1.82, 2.24) is 14.9 Å². The Morgan fingerprint density at radius 1 is 1.36 bits per heavy atom. The molecule has 0 radical (unpaired) electrons. The Balaban J connectivity index is 1.67. The van der Waals surface area contributed by atoms with Crippen LogP contribution in [0.1, 0.15) is 11.4 Å². The van der Waals surface area contributed by atoms with Gasteiger partial charge in [0.25, 0.3) is 0 Å². The zero-order chi connectivity index (χ0) is 18.2. The normalized spacial score (nSPS) is 17.8. The van der Waals surface area contributed by atoms with Crippen LogP contribution < -0.4 is 9.62 Å². The molecular formula is C15H17FN4O4S. The highest BCUT2D eigenvalue weighted by Gasteiger charge is 2.33. The molecule has 1 aliphatic rings. The Labute approximate surface area is 144 Å². The number of ether oxygens (including phenoxy) is 1. The summed E-state index contributed by atoms with van der Waals surface area (Å²) in [6.45, 7) is 3.29. The van der Waals surface area contributed by atoms with Crippen molar-refractivity contribution >= 4 is 21.8 Å². The monoisotopic (exact) mass is 368 g/mol. The first-order valence-electron chi connectivity index (χ1n) is 7.53. The summed E-state index contributed by atoms with van der Waals surface area (Å²) in [5.74, 6) is -0.411. The fraction of sp³-hybridized carbons (Fsp3) is 0.333. The summed E-state index contributed by atoms with van der Waals surface area (Å²) < 4.78 is 45.4. The minimum atomic E-state index is -3.77. The van der Waals surface area contributed by atoms with Crippen LogP contribution in [-0.4, -0.2) is 43.9 Å². The van der Waals surface area contributed by atoms with Gasteiger partial charge in [0.15, 0.2) is 0 Å². The first-order valence-corrected chi connectivity index (χ1v) is 9.01. The van der Waals surface area contributed by atoms with Crippen LogP contribution in [0.5, 0.6) is 0 Å². The number of carbonyl (C=O) groups is 1. The third-order valence-corrected chi connectivity index (χ3v) is 5.53. The molecule has 1 aromatic heterocycles. The molecule has 25 heavy (non-hydrogen) atoms. The van der Waals surface area contributed by atoms with Gasteiger partial charge in [-0.3, -0.25) is 10.00 Å². The Morgan fingerprint density at radius 2 is 2.04 bits per heavy atom. The molecule has 0 bridgehead atoms. The van der Waals surface area contributed by atoms with E-state index in [1.165, 1.54) is 29.2 Å². The number of hydrogen-bond acceptors (Lipinski definition) is 5. The second-order valence-electron chi connectivity index (χ2n) is 5.71. The number of aromatic amines is 1. The first-order chi connectivity index (χ1) is 11.8. The van der Waals surface area contributed by atoms with Gasteiger partial charge in [0.1, 0.15) is 16.8 Å². The van der Waals surface area contributed by atoms with E-state index in [2.05, 4.69) is 14.9 Å². The molecule has 1 fully saturated rings. The number of hydrogen-bond donors (Lipinski definition) is 2. The lowest BCUT2D eigenvalue weighted by atomic mass is 10.2.